The summed E-state index contributed by atoms with van der Waals surface area (Å²) in [4.78, 5) is 4.53. The highest BCUT2D eigenvalue weighted by molar-refractivity contribution is 7.48. The Bertz CT molecular complexity index is 267. The standard InChI is InChI=1S/C8H16N2.C3H9O4P/c1-3-4-5-10-7-6-9(2)8-10;1-5-8(4,6-2)7-3/h6-7H,3-5,8H2,1-2H3;1-3H3. The van der Waals surface area contributed by atoms with Crippen molar-refractivity contribution in [2.45, 2.75) is 19.8 Å². The van der Waals surface area contributed by atoms with Gasteiger partial charge in [-0.15, -0.1) is 0 Å². The maximum Gasteiger partial charge on any atom is 0.473 e. The normalized spacial score (nSPS) is 14.7. The number of rotatable bonds is 6. The molecule has 108 valence electrons. The first-order chi connectivity index (χ1) is 8.51. The van der Waals surface area contributed by atoms with Crippen LogP contribution in [0.5, 0.6) is 0 Å². The highest BCUT2D eigenvalue weighted by Crippen LogP contribution is 2.46. The summed E-state index contributed by atoms with van der Waals surface area (Å²) in [5.41, 5.74) is 0. The largest absolute Gasteiger partial charge is 0.473 e. The van der Waals surface area contributed by atoms with Crippen molar-refractivity contribution >= 4 is 7.82 Å². The first-order valence-electron chi connectivity index (χ1n) is 5.91. The van der Waals surface area contributed by atoms with Gasteiger partial charge in [0.1, 0.15) is 0 Å². The predicted molar refractivity (Wildman–Crippen MR) is 72.0 cm³/mol. The molecule has 18 heavy (non-hydrogen) atoms. The van der Waals surface area contributed by atoms with Crippen molar-refractivity contribution in [1.29, 1.82) is 0 Å². The monoisotopic (exact) mass is 280 g/mol. The number of nitrogens with zero attached hydrogens (tertiary/aromatic N) is 2. The van der Waals surface area contributed by atoms with Gasteiger partial charge in [-0.25, -0.2) is 4.57 Å². The number of phosphoric acid groups is 1. The molecule has 0 saturated carbocycles. The molecule has 0 atom stereocenters. The molecule has 1 aliphatic heterocycles. The zero-order valence-corrected chi connectivity index (χ0v) is 12.9. The predicted octanol–water partition coefficient (Wildman–Crippen LogP) is 2.50. The molecule has 0 aromatic carbocycles. The summed E-state index contributed by atoms with van der Waals surface area (Å²) in [6.45, 7) is 4.50. The third-order valence-electron chi connectivity index (χ3n) is 2.41. The Hall–Kier alpha value is -0.550. The second-order valence-electron chi connectivity index (χ2n) is 3.86. The molecule has 0 aromatic heterocycles. The molecule has 1 aliphatic rings. The first kappa shape index (κ1) is 17.4. The van der Waals surface area contributed by atoms with Gasteiger partial charge in [-0.2, -0.15) is 0 Å². The zero-order valence-electron chi connectivity index (χ0n) is 12.0. The van der Waals surface area contributed by atoms with E-state index >= 15 is 0 Å². The summed E-state index contributed by atoms with van der Waals surface area (Å²) >= 11 is 0. The van der Waals surface area contributed by atoms with E-state index in [0.29, 0.717) is 0 Å². The van der Waals surface area contributed by atoms with E-state index < -0.39 is 7.82 Å². The van der Waals surface area contributed by atoms with Crippen LogP contribution in [0.2, 0.25) is 0 Å². The van der Waals surface area contributed by atoms with Crippen molar-refractivity contribution in [3.8, 4) is 0 Å². The minimum absolute atomic E-state index is 1.07. The van der Waals surface area contributed by atoms with Crippen LogP contribution in [0.15, 0.2) is 12.4 Å². The van der Waals surface area contributed by atoms with Crippen molar-refractivity contribution in [2.24, 2.45) is 0 Å². The summed E-state index contributed by atoms with van der Waals surface area (Å²) in [6.07, 6.45) is 6.87. The van der Waals surface area contributed by atoms with Crippen molar-refractivity contribution in [3.05, 3.63) is 12.4 Å². The van der Waals surface area contributed by atoms with E-state index in [1.807, 2.05) is 0 Å². The van der Waals surface area contributed by atoms with E-state index in [4.69, 9.17) is 0 Å². The summed E-state index contributed by atoms with van der Waals surface area (Å²) < 4.78 is 23.7. The molecular formula is C11H25N2O4P. The van der Waals surface area contributed by atoms with Gasteiger partial charge in [0.2, 0.25) is 0 Å². The summed E-state index contributed by atoms with van der Waals surface area (Å²) in [6, 6.07) is 0. The number of hydrogen-bond acceptors (Lipinski definition) is 6. The molecule has 1 heterocycles. The fourth-order valence-corrected chi connectivity index (χ4v) is 1.77. The van der Waals surface area contributed by atoms with Gasteiger partial charge in [-0.3, -0.25) is 13.6 Å². The van der Waals surface area contributed by atoms with Gasteiger partial charge in [0.05, 0.1) is 6.67 Å². The number of hydrogen-bond donors (Lipinski definition) is 0. The molecule has 0 spiro atoms. The molecule has 0 radical (unpaired) electrons. The number of phosphoric ester groups is 1. The van der Waals surface area contributed by atoms with Crippen LogP contribution in [0.25, 0.3) is 0 Å². The Labute approximate surface area is 110 Å². The van der Waals surface area contributed by atoms with Crippen LogP contribution in [0.4, 0.5) is 0 Å². The average Bonchev–Trinajstić information content (AvgIpc) is 2.82. The fraction of sp³-hybridized carbons (Fsp3) is 0.818. The summed E-state index contributed by atoms with van der Waals surface area (Å²) in [5.74, 6) is 0. The van der Waals surface area contributed by atoms with Crippen LogP contribution in [-0.4, -0.2) is 51.4 Å². The van der Waals surface area contributed by atoms with E-state index in [1.165, 1.54) is 40.7 Å². The SMILES string of the molecule is CCCCN1C=CN(C)C1.COP(=O)(OC)OC. The highest BCUT2D eigenvalue weighted by atomic mass is 31.2. The molecule has 1 rings (SSSR count). The average molecular weight is 280 g/mol. The molecule has 0 fully saturated rings. The van der Waals surface area contributed by atoms with Gasteiger partial charge < -0.3 is 9.80 Å². The smallest absolute Gasteiger partial charge is 0.362 e. The Morgan fingerprint density at radius 2 is 1.72 bits per heavy atom. The minimum Gasteiger partial charge on any atom is -0.362 e. The third kappa shape index (κ3) is 7.01. The highest BCUT2D eigenvalue weighted by Gasteiger charge is 2.18. The Morgan fingerprint density at radius 1 is 1.17 bits per heavy atom. The molecule has 0 aliphatic carbocycles. The van der Waals surface area contributed by atoms with Gasteiger partial charge in [-0.1, -0.05) is 13.3 Å². The second kappa shape index (κ2) is 9.39. The van der Waals surface area contributed by atoms with Crippen molar-refractivity contribution in [3.63, 3.8) is 0 Å². The molecule has 0 amide bonds. The number of unbranched alkanes of at least 4 members (excludes halogenated alkanes) is 1. The Balaban J connectivity index is 0.000000331. The minimum atomic E-state index is -3.16. The van der Waals surface area contributed by atoms with Gasteiger partial charge in [0.25, 0.3) is 0 Å². The molecule has 7 heteroatoms. The van der Waals surface area contributed by atoms with Crippen LogP contribution < -0.4 is 0 Å². The summed E-state index contributed by atoms with van der Waals surface area (Å²) in [5, 5.41) is 0. The van der Waals surface area contributed by atoms with Crippen molar-refractivity contribution in [1.82, 2.24) is 9.80 Å². The van der Waals surface area contributed by atoms with Crippen LogP contribution in [-0.2, 0) is 18.1 Å². The van der Waals surface area contributed by atoms with Gasteiger partial charge >= 0.3 is 7.82 Å². The molecular weight excluding hydrogens is 255 g/mol. The van der Waals surface area contributed by atoms with Crippen LogP contribution >= 0.6 is 7.82 Å². The van der Waals surface area contributed by atoms with E-state index in [9.17, 15) is 4.57 Å². The molecule has 0 N–H and O–H groups in total. The van der Waals surface area contributed by atoms with Crippen LogP contribution in [0.1, 0.15) is 19.8 Å². The molecule has 0 bridgehead atoms. The van der Waals surface area contributed by atoms with Crippen molar-refractivity contribution < 1.29 is 18.1 Å². The topological polar surface area (TPSA) is 51.2 Å². The molecule has 6 nitrogen and oxygen atoms in total. The summed E-state index contributed by atoms with van der Waals surface area (Å²) in [7, 11) is 2.71. The quantitative estimate of drug-likeness (QED) is 0.697. The molecule has 0 unspecified atom stereocenters. The maximum atomic E-state index is 10.7. The molecule has 0 saturated heterocycles. The van der Waals surface area contributed by atoms with E-state index in [0.717, 1.165) is 6.67 Å². The van der Waals surface area contributed by atoms with Crippen LogP contribution in [0.3, 0.4) is 0 Å². The Kier molecular flexibility index (Phi) is 9.10. The lowest BCUT2D eigenvalue weighted by atomic mass is 10.3. The van der Waals surface area contributed by atoms with Crippen molar-refractivity contribution in [2.75, 3.05) is 41.6 Å². The Morgan fingerprint density at radius 3 is 2.00 bits per heavy atom. The van der Waals surface area contributed by atoms with Crippen LogP contribution in [0, 0.1) is 0 Å². The van der Waals surface area contributed by atoms with Gasteiger partial charge in [0, 0.05) is 47.3 Å². The van der Waals surface area contributed by atoms with E-state index in [2.05, 4.69) is 49.7 Å². The van der Waals surface area contributed by atoms with E-state index in [-0.39, 0.29) is 0 Å². The third-order valence-corrected chi connectivity index (χ3v) is 3.75. The fourth-order valence-electron chi connectivity index (χ4n) is 1.32. The zero-order chi connectivity index (χ0) is 14.0. The lowest BCUT2D eigenvalue weighted by molar-refractivity contribution is 0.178. The maximum absolute atomic E-state index is 10.7. The van der Waals surface area contributed by atoms with E-state index in [1.54, 1.807) is 0 Å². The second-order valence-corrected chi connectivity index (χ2v) is 5.85. The lowest BCUT2D eigenvalue weighted by Gasteiger charge is -2.17. The molecule has 0 aromatic rings. The lowest BCUT2D eigenvalue weighted by Crippen LogP contribution is -2.23. The van der Waals surface area contributed by atoms with Gasteiger partial charge in [-0.05, 0) is 6.42 Å². The van der Waals surface area contributed by atoms with Gasteiger partial charge in [0.15, 0.2) is 0 Å². The first-order valence-corrected chi connectivity index (χ1v) is 7.37.